The number of nitrogens with zero attached hydrogens (tertiary/aromatic N) is 3. The average molecular weight is 284 g/mol. The second kappa shape index (κ2) is 7.68. The predicted octanol–water partition coefficient (Wildman–Crippen LogP) is 4.00. The van der Waals surface area contributed by atoms with Gasteiger partial charge in [0.15, 0.2) is 4.77 Å². The molecular formula is C14H28N4S. The summed E-state index contributed by atoms with van der Waals surface area (Å²) in [5.74, 6) is 1.62. The summed E-state index contributed by atoms with van der Waals surface area (Å²) in [6.45, 7) is 13.1. The lowest BCUT2D eigenvalue weighted by Crippen LogP contribution is -2.39. The minimum Gasteiger partial charge on any atom is -0.338 e. The zero-order valence-electron chi connectivity index (χ0n) is 12.9. The Balaban J connectivity index is 3.12. The van der Waals surface area contributed by atoms with Crippen molar-refractivity contribution in [3.8, 4) is 0 Å². The molecule has 1 aromatic rings. The summed E-state index contributed by atoms with van der Waals surface area (Å²) >= 11 is 5.35. The molecule has 0 radical (unpaired) electrons. The zero-order valence-corrected chi connectivity index (χ0v) is 13.8. The van der Waals surface area contributed by atoms with E-state index in [1.165, 1.54) is 0 Å². The van der Waals surface area contributed by atoms with Crippen LogP contribution in [0.2, 0.25) is 0 Å². The highest BCUT2D eigenvalue weighted by Gasteiger charge is 2.21. The van der Waals surface area contributed by atoms with Crippen molar-refractivity contribution in [3.63, 3.8) is 0 Å². The van der Waals surface area contributed by atoms with Gasteiger partial charge in [0, 0.05) is 19.1 Å². The van der Waals surface area contributed by atoms with Gasteiger partial charge >= 0.3 is 0 Å². The molecule has 0 bridgehead atoms. The lowest BCUT2D eigenvalue weighted by atomic mass is 10.1. The first-order chi connectivity index (χ1) is 9.04. The van der Waals surface area contributed by atoms with E-state index in [0.717, 1.165) is 43.1 Å². The van der Waals surface area contributed by atoms with E-state index in [0.29, 0.717) is 12.0 Å². The fourth-order valence-electron chi connectivity index (χ4n) is 2.47. The molecule has 0 amide bonds. The Morgan fingerprint density at radius 1 is 1.26 bits per heavy atom. The molecule has 1 N–H and O–H groups in total. The maximum absolute atomic E-state index is 5.35. The molecule has 1 heterocycles. The molecule has 0 aromatic carbocycles. The van der Waals surface area contributed by atoms with Crippen molar-refractivity contribution in [2.75, 3.05) is 11.4 Å². The molecule has 0 unspecified atom stereocenters. The molecule has 0 atom stereocenters. The van der Waals surface area contributed by atoms with Crippen LogP contribution < -0.4 is 4.90 Å². The van der Waals surface area contributed by atoms with E-state index >= 15 is 0 Å². The number of aromatic nitrogens is 3. The number of rotatable bonds is 8. The highest BCUT2D eigenvalue weighted by Crippen LogP contribution is 2.20. The number of hydrogen-bond donors (Lipinski definition) is 1. The summed E-state index contributed by atoms with van der Waals surface area (Å²) in [5.41, 5.74) is 0. The van der Waals surface area contributed by atoms with E-state index in [9.17, 15) is 0 Å². The lowest BCUT2D eigenvalue weighted by molar-refractivity contribution is 0.487. The van der Waals surface area contributed by atoms with Crippen LogP contribution in [0.5, 0.6) is 0 Å². The maximum atomic E-state index is 5.35. The van der Waals surface area contributed by atoms with Crippen molar-refractivity contribution in [1.82, 2.24) is 14.8 Å². The highest BCUT2D eigenvalue weighted by atomic mass is 32.1. The van der Waals surface area contributed by atoms with Gasteiger partial charge in [-0.3, -0.25) is 4.57 Å². The maximum Gasteiger partial charge on any atom is 0.225 e. The van der Waals surface area contributed by atoms with E-state index in [4.69, 9.17) is 12.2 Å². The molecule has 0 aliphatic heterocycles. The van der Waals surface area contributed by atoms with Gasteiger partial charge in [0.1, 0.15) is 0 Å². The van der Waals surface area contributed by atoms with Crippen LogP contribution in [-0.4, -0.2) is 27.4 Å². The van der Waals surface area contributed by atoms with Gasteiger partial charge in [0.2, 0.25) is 5.95 Å². The van der Waals surface area contributed by atoms with Gasteiger partial charge in [-0.25, -0.2) is 5.10 Å². The smallest absolute Gasteiger partial charge is 0.225 e. The fourth-order valence-corrected chi connectivity index (χ4v) is 2.69. The molecule has 1 aromatic heterocycles. The summed E-state index contributed by atoms with van der Waals surface area (Å²) in [7, 11) is 0. The standard InChI is InChI=1S/C14H28N4S/c1-6-9-17-13(15-16-14(17)19)18(10-11(4)5)12(7-2)8-3/h11-12H,6-10H2,1-5H3,(H,16,19). The average Bonchev–Trinajstić information content (AvgIpc) is 2.71. The Morgan fingerprint density at radius 2 is 1.89 bits per heavy atom. The van der Waals surface area contributed by atoms with Crippen LogP contribution in [0.3, 0.4) is 0 Å². The van der Waals surface area contributed by atoms with Gasteiger partial charge in [-0.05, 0) is 37.4 Å². The lowest BCUT2D eigenvalue weighted by Gasteiger charge is -2.32. The van der Waals surface area contributed by atoms with Crippen LogP contribution in [0, 0.1) is 10.7 Å². The molecule has 0 saturated heterocycles. The van der Waals surface area contributed by atoms with E-state index in [1.807, 2.05) is 0 Å². The Kier molecular flexibility index (Phi) is 6.55. The van der Waals surface area contributed by atoms with E-state index in [1.54, 1.807) is 0 Å². The molecule has 0 saturated carbocycles. The fraction of sp³-hybridized carbons (Fsp3) is 0.857. The first kappa shape index (κ1) is 16.2. The van der Waals surface area contributed by atoms with Crippen molar-refractivity contribution in [2.24, 2.45) is 5.92 Å². The molecule has 110 valence electrons. The van der Waals surface area contributed by atoms with Crippen LogP contribution in [-0.2, 0) is 6.54 Å². The van der Waals surface area contributed by atoms with Crippen LogP contribution >= 0.6 is 12.2 Å². The Hall–Kier alpha value is -0.840. The molecule has 0 fully saturated rings. The number of H-pyrrole nitrogens is 1. The summed E-state index contributed by atoms with van der Waals surface area (Å²) in [6, 6.07) is 0.531. The Labute approximate surface area is 122 Å². The number of anilines is 1. The van der Waals surface area contributed by atoms with Crippen molar-refractivity contribution in [2.45, 2.75) is 66.5 Å². The monoisotopic (exact) mass is 284 g/mol. The SMILES string of the molecule is CCCn1c(N(CC(C)C)C(CC)CC)n[nH]c1=S. The van der Waals surface area contributed by atoms with Gasteiger partial charge in [0.05, 0.1) is 0 Å². The first-order valence-corrected chi connectivity index (χ1v) is 7.87. The van der Waals surface area contributed by atoms with Gasteiger partial charge in [-0.1, -0.05) is 34.6 Å². The molecule has 19 heavy (non-hydrogen) atoms. The van der Waals surface area contributed by atoms with Crippen LogP contribution in [0.1, 0.15) is 53.9 Å². The summed E-state index contributed by atoms with van der Waals surface area (Å²) in [6.07, 6.45) is 3.34. The molecular weight excluding hydrogens is 256 g/mol. The van der Waals surface area contributed by atoms with Crippen molar-refractivity contribution in [1.29, 1.82) is 0 Å². The van der Waals surface area contributed by atoms with Crippen molar-refractivity contribution in [3.05, 3.63) is 4.77 Å². The molecule has 0 aliphatic carbocycles. The summed E-state index contributed by atoms with van der Waals surface area (Å²) in [4.78, 5) is 2.42. The van der Waals surface area contributed by atoms with Crippen molar-refractivity contribution >= 4 is 18.2 Å². The van der Waals surface area contributed by atoms with E-state index in [-0.39, 0.29) is 0 Å². The minimum absolute atomic E-state index is 0.531. The minimum atomic E-state index is 0.531. The van der Waals surface area contributed by atoms with Gasteiger partial charge in [-0.2, -0.15) is 0 Å². The molecule has 0 spiro atoms. The summed E-state index contributed by atoms with van der Waals surface area (Å²) < 4.78 is 2.87. The third-order valence-electron chi connectivity index (χ3n) is 3.39. The quantitative estimate of drug-likeness (QED) is 0.733. The second-order valence-electron chi connectivity index (χ2n) is 5.50. The first-order valence-electron chi connectivity index (χ1n) is 7.46. The predicted molar refractivity (Wildman–Crippen MR) is 84.3 cm³/mol. The Morgan fingerprint density at radius 3 is 2.37 bits per heavy atom. The third-order valence-corrected chi connectivity index (χ3v) is 3.70. The molecule has 0 aliphatic rings. The Bertz CT molecular complexity index is 417. The van der Waals surface area contributed by atoms with Gasteiger partial charge in [-0.15, -0.1) is 5.10 Å². The van der Waals surface area contributed by atoms with Gasteiger partial charge < -0.3 is 4.90 Å². The molecule has 4 nitrogen and oxygen atoms in total. The van der Waals surface area contributed by atoms with Crippen LogP contribution in [0.4, 0.5) is 5.95 Å². The van der Waals surface area contributed by atoms with E-state index < -0.39 is 0 Å². The third kappa shape index (κ3) is 4.06. The number of hydrogen-bond acceptors (Lipinski definition) is 3. The topological polar surface area (TPSA) is 36.9 Å². The van der Waals surface area contributed by atoms with Gasteiger partial charge in [0.25, 0.3) is 0 Å². The second-order valence-corrected chi connectivity index (χ2v) is 5.88. The zero-order chi connectivity index (χ0) is 14.4. The molecule has 5 heteroatoms. The van der Waals surface area contributed by atoms with E-state index in [2.05, 4.69) is 54.3 Å². The molecule has 1 rings (SSSR count). The normalized spacial score (nSPS) is 11.5. The summed E-state index contributed by atoms with van der Waals surface area (Å²) in [5, 5.41) is 7.43. The van der Waals surface area contributed by atoms with Crippen LogP contribution in [0.15, 0.2) is 0 Å². The highest BCUT2D eigenvalue weighted by molar-refractivity contribution is 7.71. The van der Waals surface area contributed by atoms with Crippen molar-refractivity contribution < 1.29 is 0 Å². The number of aromatic amines is 1. The largest absolute Gasteiger partial charge is 0.338 e. The number of nitrogens with one attached hydrogen (secondary N) is 1. The van der Waals surface area contributed by atoms with Crippen LogP contribution in [0.25, 0.3) is 0 Å².